The number of rotatable bonds is 6. The number of aliphatic hydroxyl groups excluding tert-OH is 1. The summed E-state index contributed by atoms with van der Waals surface area (Å²) in [5.74, 6) is 0.799. The highest BCUT2D eigenvalue weighted by molar-refractivity contribution is 9.10. The molecule has 0 radical (unpaired) electrons. The fraction of sp³-hybridized carbons (Fsp3) is 0.400. The Morgan fingerprint density at radius 3 is 2.92 bits per heavy atom. The summed E-state index contributed by atoms with van der Waals surface area (Å²) < 4.78 is 12.7. The maximum atomic E-state index is 10.3. The van der Waals surface area contributed by atoms with Gasteiger partial charge in [-0.15, -0.1) is 0 Å². The van der Waals surface area contributed by atoms with Gasteiger partial charge in [0, 0.05) is 24.1 Å². The molecule has 0 spiro atoms. The highest BCUT2D eigenvalue weighted by Gasteiger charge is 2.23. The standard InChI is InChI=1S/C20H24BrNO3/c1-15-4-2-7-19(10-15)25-14-18(23)12-22-8-9-24-20(13-22)16-5-3-6-17(21)11-16/h2-7,10-11,18,20,23H,8-9,12-14H2,1H3. The lowest BCUT2D eigenvalue weighted by molar-refractivity contribution is -0.0459. The largest absolute Gasteiger partial charge is 0.491 e. The molecule has 1 aliphatic heterocycles. The monoisotopic (exact) mass is 405 g/mol. The SMILES string of the molecule is Cc1cccc(OCC(O)CN2CCOC(c3cccc(Br)c3)C2)c1. The van der Waals surface area contributed by atoms with E-state index < -0.39 is 6.10 Å². The summed E-state index contributed by atoms with van der Waals surface area (Å²) in [5.41, 5.74) is 2.31. The van der Waals surface area contributed by atoms with Crippen molar-refractivity contribution in [1.82, 2.24) is 4.90 Å². The summed E-state index contributed by atoms with van der Waals surface area (Å²) in [6, 6.07) is 16.1. The van der Waals surface area contributed by atoms with Gasteiger partial charge in [-0.05, 0) is 42.3 Å². The first-order chi connectivity index (χ1) is 12.1. The summed E-state index contributed by atoms with van der Waals surface area (Å²) in [5, 5.41) is 10.3. The van der Waals surface area contributed by atoms with Crippen LogP contribution in [-0.2, 0) is 4.74 Å². The molecule has 1 aliphatic rings. The molecule has 5 heteroatoms. The predicted octanol–water partition coefficient (Wildman–Crippen LogP) is 3.57. The third kappa shape index (κ3) is 5.54. The number of hydrogen-bond donors (Lipinski definition) is 1. The predicted molar refractivity (Wildman–Crippen MR) is 102 cm³/mol. The molecule has 0 saturated carbocycles. The van der Waals surface area contributed by atoms with E-state index in [1.54, 1.807) is 0 Å². The number of aliphatic hydroxyl groups is 1. The zero-order valence-electron chi connectivity index (χ0n) is 14.4. The fourth-order valence-electron chi connectivity index (χ4n) is 3.03. The van der Waals surface area contributed by atoms with Gasteiger partial charge >= 0.3 is 0 Å². The molecule has 2 aromatic rings. The van der Waals surface area contributed by atoms with Gasteiger partial charge in [0.1, 0.15) is 18.5 Å². The Hall–Kier alpha value is -1.40. The van der Waals surface area contributed by atoms with Gasteiger partial charge in [-0.2, -0.15) is 0 Å². The van der Waals surface area contributed by atoms with E-state index in [0.29, 0.717) is 19.8 Å². The van der Waals surface area contributed by atoms with Crippen LogP contribution in [0.3, 0.4) is 0 Å². The highest BCUT2D eigenvalue weighted by atomic mass is 79.9. The first kappa shape index (κ1) is 18.4. The van der Waals surface area contributed by atoms with Crippen LogP contribution < -0.4 is 4.74 Å². The Bertz CT molecular complexity index is 694. The Morgan fingerprint density at radius 1 is 1.28 bits per heavy atom. The van der Waals surface area contributed by atoms with Crippen LogP contribution in [0.5, 0.6) is 5.75 Å². The van der Waals surface area contributed by atoms with Crippen LogP contribution in [0.15, 0.2) is 53.0 Å². The van der Waals surface area contributed by atoms with Crippen molar-refractivity contribution >= 4 is 15.9 Å². The Labute approximate surface area is 157 Å². The van der Waals surface area contributed by atoms with E-state index in [1.165, 1.54) is 0 Å². The average Bonchev–Trinajstić information content (AvgIpc) is 2.60. The molecule has 1 fully saturated rings. The van der Waals surface area contributed by atoms with Crippen LogP contribution in [0.4, 0.5) is 0 Å². The van der Waals surface area contributed by atoms with Crippen molar-refractivity contribution in [2.24, 2.45) is 0 Å². The van der Waals surface area contributed by atoms with Crippen molar-refractivity contribution in [2.75, 3.05) is 32.8 Å². The van der Waals surface area contributed by atoms with E-state index in [9.17, 15) is 5.11 Å². The molecular formula is C20H24BrNO3. The van der Waals surface area contributed by atoms with E-state index in [4.69, 9.17) is 9.47 Å². The molecule has 0 aromatic heterocycles. The second kappa shape index (κ2) is 8.81. The average molecular weight is 406 g/mol. The maximum Gasteiger partial charge on any atom is 0.119 e. The zero-order valence-corrected chi connectivity index (χ0v) is 16.0. The van der Waals surface area contributed by atoms with Crippen LogP contribution >= 0.6 is 15.9 Å². The fourth-order valence-corrected chi connectivity index (χ4v) is 3.44. The van der Waals surface area contributed by atoms with Gasteiger partial charge in [-0.1, -0.05) is 40.2 Å². The molecule has 0 bridgehead atoms. The van der Waals surface area contributed by atoms with Crippen molar-refractivity contribution in [3.8, 4) is 5.75 Å². The van der Waals surface area contributed by atoms with Gasteiger partial charge < -0.3 is 14.6 Å². The summed E-state index contributed by atoms with van der Waals surface area (Å²) >= 11 is 3.51. The van der Waals surface area contributed by atoms with Crippen molar-refractivity contribution in [1.29, 1.82) is 0 Å². The summed E-state index contributed by atoms with van der Waals surface area (Å²) in [4.78, 5) is 2.24. The summed E-state index contributed by atoms with van der Waals surface area (Å²) in [7, 11) is 0. The van der Waals surface area contributed by atoms with E-state index in [2.05, 4.69) is 33.0 Å². The Balaban J connectivity index is 1.50. The second-order valence-electron chi connectivity index (χ2n) is 6.46. The van der Waals surface area contributed by atoms with E-state index in [-0.39, 0.29) is 6.10 Å². The van der Waals surface area contributed by atoms with Crippen molar-refractivity contribution in [3.05, 3.63) is 64.1 Å². The number of β-amino-alcohol motifs (C(OH)–C–C–N with tert-alkyl or cyclic N) is 1. The molecule has 1 heterocycles. The van der Waals surface area contributed by atoms with Crippen LogP contribution in [-0.4, -0.2) is 49.0 Å². The topological polar surface area (TPSA) is 41.9 Å². The Kier molecular flexibility index (Phi) is 6.48. The molecule has 0 amide bonds. The third-order valence-corrected chi connectivity index (χ3v) is 4.77. The number of ether oxygens (including phenoxy) is 2. The van der Waals surface area contributed by atoms with Crippen molar-refractivity contribution in [2.45, 2.75) is 19.1 Å². The molecule has 25 heavy (non-hydrogen) atoms. The first-order valence-corrected chi connectivity index (χ1v) is 9.36. The minimum absolute atomic E-state index is 0.0381. The molecule has 2 atom stereocenters. The summed E-state index contributed by atoms with van der Waals surface area (Å²) in [6.07, 6.45) is -0.488. The number of nitrogens with zero attached hydrogens (tertiary/aromatic N) is 1. The molecule has 3 rings (SSSR count). The van der Waals surface area contributed by atoms with Gasteiger partial charge in [-0.25, -0.2) is 0 Å². The molecule has 134 valence electrons. The zero-order chi connectivity index (χ0) is 17.6. The summed E-state index contributed by atoms with van der Waals surface area (Å²) in [6.45, 7) is 5.17. The maximum absolute atomic E-state index is 10.3. The van der Waals surface area contributed by atoms with E-state index in [1.807, 2.05) is 43.3 Å². The molecule has 2 aromatic carbocycles. The lowest BCUT2D eigenvalue weighted by Gasteiger charge is -2.34. The minimum Gasteiger partial charge on any atom is -0.491 e. The van der Waals surface area contributed by atoms with Crippen molar-refractivity contribution < 1.29 is 14.6 Å². The number of aryl methyl sites for hydroxylation is 1. The van der Waals surface area contributed by atoms with Gasteiger partial charge in [0.2, 0.25) is 0 Å². The molecule has 0 aliphatic carbocycles. The minimum atomic E-state index is -0.526. The number of benzene rings is 2. The van der Waals surface area contributed by atoms with Gasteiger partial charge in [-0.3, -0.25) is 4.90 Å². The highest BCUT2D eigenvalue weighted by Crippen LogP contribution is 2.24. The third-order valence-electron chi connectivity index (χ3n) is 4.27. The normalized spacial score (nSPS) is 19.6. The van der Waals surface area contributed by atoms with Gasteiger partial charge in [0.15, 0.2) is 0 Å². The molecule has 1 saturated heterocycles. The van der Waals surface area contributed by atoms with Crippen LogP contribution in [0.2, 0.25) is 0 Å². The Morgan fingerprint density at radius 2 is 2.12 bits per heavy atom. The quantitative estimate of drug-likeness (QED) is 0.797. The number of halogens is 1. The van der Waals surface area contributed by atoms with Gasteiger partial charge in [0.25, 0.3) is 0 Å². The molecule has 2 unspecified atom stereocenters. The number of morpholine rings is 1. The molecule has 4 nitrogen and oxygen atoms in total. The number of hydrogen-bond acceptors (Lipinski definition) is 4. The van der Waals surface area contributed by atoms with E-state index in [0.717, 1.165) is 34.4 Å². The van der Waals surface area contributed by atoms with Crippen LogP contribution in [0.25, 0.3) is 0 Å². The first-order valence-electron chi connectivity index (χ1n) is 8.57. The smallest absolute Gasteiger partial charge is 0.119 e. The van der Waals surface area contributed by atoms with Crippen LogP contribution in [0.1, 0.15) is 17.2 Å². The lowest BCUT2D eigenvalue weighted by atomic mass is 10.1. The van der Waals surface area contributed by atoms with Crippen LogP contribution in [0, 0.1) is 6.92 Å². The van der Waals surface area contributed by atoms with E-state index >= 15 is 0 Å². The second-order valence-corrected chi connectivity index (χ2v) is 7.37. The van der Waals surface area contributed by atoms with Gasteiger partial charge in [0.05, 0.1) is 12.7 Å². The van der Waals surface area contributed by atoms with Crippen molar-refractivity contribution in [3.63, 3.8) is 0 Å². The lowest BCUT2D eigenvalue weighted by Crippen LogP contribution is -2.43. The molecular weight excluding hydrogens is 382 g/mol. The molecule has 1 N–H and O–H groups in total.